The predicted octanol–water partition coefficient (Wildman–Crippen LogP) is -4.33. The van der Waals surface area contributed by atoms with Crippen molar-refractivity contribution in [3.8, 4) is 0 Å². The van der Waals surface area contributed by atoms with E-state index in [2.05, 4.69) is 0 Å². The zero-order chi connectivity index (χ0) is 3.58. The molecular formula is AlBO3Zn+2. The summed E-state index contributed by atoms with van der Waals surface area (Å²) in [6.45, 7) is 0. The molecule has 3 nitrogen and oxygen atoms in total. The van der Waals surface area contributed by atoms with Crippen molar-refractivity contribution in [3.05, 3.63) is 0 Å². The van der Waals surface area contributed by atoms with Crippen LogP contribution in [-0.4, -0.2) is 24.7 Å². The second-order valence-electron chi connectivity index (χ2n) is 0.289. The molecule has 0 atom stereocenters. The summed E-state index contributed by atoms with van der Waals surface area (Å²) < 4.78 is 0. The van der Waals surface area contributed by atoms with Crippen molar-refractivity contribution < 1.29 is 34.6 Å². The molecule has 0 N–H and O–H groups in total. The first kappa shape index (κ1) is 15.7. The zero-order valence-electron chi connectivity index (χ0n) is 3.09. The molecule has 0 saturated carbocycles. The van der Waals surface area contributed by atoms with Crippen LogP contribution in [0.5, 0.6) is 0 Å². The fourth-order valence-electron chi connectivity index (χ4n) is 0. The summed E-state index contributed by atoms with van der Waals surface area (Å²) in [7, 11) is -2.92. The Bertz CT molecular complexity index is 15.5. The van der Waals surface area contributed by atoms with Gasteiger partial charge in [0.15, 0.2) is 0 Å². The Kier molecular flexibility index (Phi) is 24.7. The van der Waals surface area contributed by atoms with E-state index in [0.29, 0.717) is 0 Å². The smallest absolute Gasteiger partial charge is 0.907 e. The summed E-state index contributed by atoms with van der Waals surface area (Å²) in [4.78, 5) is 0. The van der Waals surface area contributed by atoms with E-state index in [1.165, 1.54) is 0 Å². The molecule has 0 aromatic rings. The van der Waals surface area contributed by atoms with Gasteiger partial charge < -0.3 is 15.1 Å². The molecule has 0 aliphatic rings. The standard InChI is InChI=1S/Al.BO3.Zn/c;2-1(3)4;/q+3;-3;+2. The summed E-state index contributed by atoms with van der Waals surface area (Å²) in [5.41, 5.74) is 0. The Balaban J connectivity index is -0.0000000450. The second kappa shape index (κ2) is 9.44. The first-order chi connectivity index (χ1) is 1.73. The van der Waals surface area contributed by atoms with Crippen molar-refractivity contribution in [1.29, 1.82) is 0 Å². The van der Waals surface area contributed by atoms with Gasteiger partial charge in [-0.15, -0.1) is 0 Å². The Morgan fingerprint density at radius 1 is 1.00 bits per heavy atom. The van der Waals surface area contributed by atoms with Gasteiger partial charge >= 0.3 is 36.8 Å². The molecule has 0 aliphatic carbocycles. The van der Waals surface area contributed by atoms with E-state index in [1.807, 2.05) is 0 Å². The van der Waals surface area contributed by atoms with Gasteiger partial charge in [-0.1, -0.05) is 0 Å². The first-order valence-electron chi connectivity index (χ1n) is 0.707. The molecule has 0 fully saturated rings. The summed E-state index contributed by atoms with van der Waals surface area (Å²) in [6.07, 6.45) is 0. The van der Waals surface area contributed by atoms with Crippen molar-refractivity contribution in [3.63, 3.8) is 0 Å². The van der Waals surface area contributed by atoms with Gasteiger partial charge in [-0.3, -0.25) is 7.32 Å². The first-order valence-corrected chi connectivity index (χ1v) is 0.707. The van der Waals surface area contributed by atoms with Crippen LogP contribution >= 0.6 is 0 Å². The van der Waals surface area contributed by atoms with Crippen LogP contribution in [0.25, 0.3) is 0 Å². The average molecular weight is 151 g/mol. The van der Waals surface area contributed by atoms with E-state index in [4.69, 9.17) is 15.1 Å². The monoisotopic (exact) mass is 150 g/mol. The summed E-state index contributed by atoms with van der Waals surface area (Å²) in [5.74, 6) is 0. The largest absolute Gasteiger partial charge is 3.00 e. The van der Waals surface area contributed by atoms with E-state index in [-0.39, 0.29) is 36.8 Å². The Morgan fingerprint density at radius 2 is 1.00 bits per heavy atom. The molecule has 0 amide bonds. The van der Waals surface area contributed by atoms with Gasteiger partial charge in [-0.05, 0) is 0 Å². The van der Waals surface area contributed by atoms with Crippen LogP contribution in [-0.2, 0) is 19.5 Å². The minimum Gasteiger partial charge on any atom is -0.907 e. The molecule has 0 radical (unpaired) electrons. The quantitative estimate of drug-likeness (QED) is 0.329. The fourth-order valence-corrected chi connectivity index (χ4v) is 0. The van der Waals surface area contributed by atoms with Crippen molar-refractivity contribution >= 4 is 24.7 Å². The number of hydrogen-bond donors (Lipinski definition) is 0. The molecule has 6 heavy (non-hydrogen) atoms. The van der Waals surface area contributed by atoms with Crippen molar-refractivity contribution in [1.82, 2.24) is 0 Å². The topological polar surface area (TPSA) is 69.2 Å². The third-order valence-corrected chi connectivity index (χ3v) is 0. The van der Waals surface area contributed by atoms with Crippen LogP contribution in [0.1, 0.15) is 0 Å². The molecule has 0 aliphatic heterocycles. The Labute approximate surface area is 59.4 Å². The molecule has 0 saturated heterocycles. The van der Waals surface area contributed by atoms with Crippen LogP contribution in [0.4, 0.5) is 0 Å². The van der Waals surface area contributed by atoms with Crippen LogP contribution in [0, 0.1) is 0 Å². The minimum absolute atomic E-state index is 0. The van der Waals surface area contributed by atoms with Gasteiger partial charge in [0.05, 0.1) is 0 Å². The second-order valence-corrected chi connectivity index (χ2v) is 0.289. The molecule has 6 heteroatoms. The molecule has 0 heterocycles. The molecule has 0 aromatic carbocycles. The van der Waals surface area contributed by atoms with E-state index < -0.39 is 7.32 Å². The number of rotatable bonds is 0. The molecule has 24 valence electrons. The fraction of sp³-hybridized carbons (Fsp3) is 0. The predicted molar refractivity (Wildman–Crippen MR) is 11.5 cm³/mol. The number of hydrogen-bond acceptors (Lipinski definition) is 3. The van der Waals surface area contributed by atoms with Crippen LogP contribution in [0.2, 0.25) is 0 Å². The van der Waals surface area contributed by atoms with Crippen molar-refractivity contribution in [2.75, 3.05) is 0 Å². The Morgan fingerprint density at radius 3 is 1.00 bits per heavy atom. The normalized spacial score (nSPS) is 4.50. The molecule has 0 bridgehead atoms. The third kappa shape index (κ3) is 70.8. The van der Waals surface area contributed by atoms with E-state index in [1.54, 1.807) is 0 Å². The van der Waals surface area contributed by atoms with Crippen LogP contribution in [0.3, 0.4) is 0 Å². The van der Waals surface area contributed by atoms with Crippen molar-refractivity contribution in [2.45, 2.75) is 0 Å². The van der Waals surface area contributed by atoms with Gasteiger partial charge in [0.2, 0.25) is 0 Å². The molecular weight excluding hydrogens is 151 g/mol. The summed E-state index contributed by atoms with van der Waals surface area (Å²) in [6, 6.07) is 0. The molecule has 0 aromatic heterocycles. The van der Waals surface area contributed by atoms with E-state index in [0.717, 1.165) is 0 Å². The SMILES string of the molecule is [Al+3].[O-]B([O-])[O-].[Zn+2]. The van der Waals surface area contributed by atoms with Gasteiger partial charge in [-0.25, -0.2) is 0 Å². The summed E-state index contributed by atoms with van der Waals surface area (Å²) in [5, 5.41) is 25.2. The third-order valence-electron chi connectivity index (χ3n) is 0. The Hall–Kier alpha value is 1.10. The zero-order valence-corrected chi connectivity index (χ0v) is 7.21. The molecule has 0 rings (SSSR count). The van der Waals surface area contributed by atoms with Gasteiger partial charge in [0.1, 0.15) is 0 Å². The maximum atomic E-state index is 8.42. The van der Waals surface area contributed by atoms with E-state index in [9.17, 15) is 0 Å². The van der Waals surface area contributed by atoms with Gasteiger partial charge in [0, 0.05) is 0 Å². The van der Waals surface area contributed by atoms with E-state index >= 15 is 0 Å². The van der Waals surface area contributed by atoms with Crippen LogP contribution in [0.15, 0.2) is 0 Å². The van der Waals surface area contributed by atoms with Crippen molar-refractivity contribution in [2.24, 2.45) is 0 Å². The maximum Gasteiger partial charge on any atom is 3.00 e. The molecule has 0 spiro atoms. The molecule has 0 unspecified atom stereocenters. The minimum atomic E-state index is -2.92. The average Bonchev–Trinajstić information content (AvgIpc) is 0.811. The van der Waals surface area contributed by atoms with Gasteiger partial charge in [0.25, 0.3) is 0 Å². The van der Waals surface area contributed by atoms with Gasteiger partial charge in [-0.2, -0.15) is 0 Å². The van der Waals surface area contributed by atoms with Crippen LogP contribution < -0.4 is 15.1 Å². The maximum absolute atomic E-state index is 8.42. The summed E-state index contributed by atoms with van der Waals surface area (Å²) >= 11 is 0.